The molecular formula is C19H20Cl2N2O5S. The fraction of sp³-hybridized carbons (Fsp3) is 0.263. The van der Waals surface area contributed by atoms with Crippen molar-refractivity contribution in [3.05, 3.63) is 57.6 Å². The molecule has 0 atom stereocenters. The van der Waals surface area contributed by atoms with Crippen molar-refractivity contribution in [1.82, 2.24) is 4.72 Å². The maximum absolute atomic E-state index is 12.3. The van der Waals surface area contributed by atoms with Crippen molar-refractivity contribution in [2.45, 2.75) is 25.2 Å². The Hall–Kier alpha value is -2.13. The fourth-order valence-corrected chi connectivity index (χ4v) is 4.56. The highest BCUT2D eigenvalue weighted by Crippen LogP contribution is 2.28. The molecule has 0 aliphatic heterocycles. The van der Waals surface area contributed by atoms with Crippen molar-refractivity contribution in [3.63, 3.8) is 0 Å². The second-order valence-electron chi connectivity index (χ2n) is 6.15. The molecule has 1 amide bonds. The molecule has 0 unspecified atom stereocenters. The summed E-state index contributed by atoms with van der Waals surface area (Å²) in [6.45, 7) is 3.08. The average molecular weight is 459 g/mol. The van der Waals surface area contributed by atoms with Gasteiger partial charge in [-0.05, 0) is 43.2 Å². The van der Waals surface area contributed by atoms with E-state index in [-0.39, 0.29) is 27.9 Å². The molecule has 7 nitrogen and oxygen atoms in total. The monoisotopic (exact) mass is 458 g/mol. The second-order valence-corrected chi connectivity index (χ2v) is 8.67. The molecule has 0 fully saturated rings. The Kier molecular flexibility index (Phi) is 8.04. The van der Waals surface area contributed by atoms with Gasteiger partial charge in [0.05, 0.1) is 16.5 Å². The summed E-state index contributed by atoms with van der Waals surface area (Å²) in [4.78, 5) is 23.5. The summed E-state index contributed by atoms with van der Waals surface area (Å²) in [7, 11) is -4.00. The highest BCUT2D eigenvalue weighted by molar-refractivity contribution is 7.89. The molecule has 0 bridgehead atoms. The van der Waals surface area contributed by atoms with Gasteiger partial charge in [-0.1, -0.05) is 41.4 Å². The molecule has 0 saturated carbocycles. The van der Waals surface area contributed by atoms with E-state index in [4.69, 9.17) is 27.9 Å². The van der Waals surface area contributed by atoms with Crippen molar-refractivity contribution in [1.29, 1.82) is 0 Å². The van der Waals surface area contributed by atoms with Gasteiger partial charge in [-0.3, -0.25) is 9.59 Å². The zero-order valence-corrected chi connectivity index (χ0v) is 18.1. The number of aryl methyl sites for hydroxylation is 1. The van der Waals surface area contributed by atoms with E-state index in [1.54, 1.807) is 12.1 Å². The Morgan fingerprint density at radius 3 is 2.31 bits per heavy atom. The summed E-state index contributed by atoms with van der Waals surface area (Å²) < 4.78 is 31.7. The number of rotatable bonds is 8. The van der Waals surface area contributed by atoms with Crippen LogP contribution in [0, 0.1) is 13.8 Å². The fourth-order valence-electron chi connectivity index (χ4n) is 2.39. The number of esters is 1. The lowest BCUT2D eigenvalue weighted by atomic mass is 10.1. The normalized spacial score (nSPS) is 11.2. The Morgan fingerprint density at radius 2 is 1.66 bits per heavy atom. The first-order valence-corrected chi connectivity index (χ1v) is 10.8. The van der Waals surface area contributed by atoms with Crippen LogP contribution in [0.25, 0.3) is 0 Å². The molecule has 156 valence electrons. The topological polar surface area (TPSA) is 102 Å². The summed E-state index contributed by atoms with van der Waals surface area (Å²) in [5.41, 5.74) is 2.57. The maximum Gasteiger partial charge on any atom is 0.307 e. The van der Waals surface area contributed by atoms with E-state index in [1.165, 1.54) is 18.2 Å². The molecule has 2 N–H and O–H groups in total. The number of hydrogen-bond donors (Lipinski definition) is 2. The Labute approximate surface area is 179 Å². The lowest BCUT2D eigenvalue weighted by Gasteiger charge is -2.11. The smallest absolute Gasteiger partial charge is 0.307 e. The van der Waals surface area contributed by atoms with Gasteiger partial charge in [0.2, 0.25) is 10.0 Å². The summed E-state index contributed by atoms with van der Waals surface area (Å²) >= 11 is 11.8. The van der Waals surface area contributed by atoms with Gasteiger partial charge in [0.25, 0.3) is 5.91 Å². The SMILES string of the molecule is Cc1cccc(NC(=O)COC(=O)CCNS(=O)(=O)c2c(Cl)cccc2Cl)c1C. The van der Waals surface area contributed by atoms with Gasteiger partial charge in [0, 0.05) is 12.2 Å². The minimum atomic E-state index is -4.00. The van der Waals surface area contributed by atoms with E-state index in [1.807, 2.05) is 19.9 Å². The molecule has 0 heterocycles. The van der Waals surface area contributed by atoms with Crippen molar-refractivity contribution < 1.29 is 22.7 Å². The third-order valence-corrected chi connectivity index (χ3v) is 6.47. The van der Waals surface area contributed by atoms with Crippen molar-refractivity contribution in [2.24, 2.45) is 0 Å². The largest absolute Gasteiger partial charge is 0.456 e. The zero-order chi connectivity index (χ0) is 21.6. The summed E-state index contributed by atoms with van der Waals surface area (Å²) in [6, 6.07) is 9.78. The van der Waals surface area contributed by atoms with Gasteiger partial charge >= 0.3 is 5.97 Å². The molecule has 2 aromatic rings. The number of amides is 1. The predicted molar refractivity (Wildman–Crippen MR) is 112 cm³/mol. The van der Waals surface area contributed by atoms with Gasteiger partial charge in [-0.2, -0.15) is 0 Å². The van der Waals surface area contributed by atoms with Crippen LogP contribution in [-0.2, 0) is 24.3 Å². The van der Waals surface area contributed by atoms with E-state index < -0.39 is 28.5 Å². The van der Waals surface area contributed by atoms with Crippen LogP contribution in [0.2, 0.25) is 10.0 Å². The predicted octanol–water partition coefficient (Wildman–Crippen LogP) is 3.46. The number of halogens is 2. The highest BCUT2D eigenvalue weighted by atomic mass is 35.5. The minimum absolute atomic E-state index is 0.0318. The molecular weight excluding hydrogens is 439 g/mol. The van der Waals surface area contributed by atoms with Crippen LogP contribution in [0.4, 0.5) is 5.69 Å². The molecule has 0 radical (unpaired) electrons. The summed E-state index contributed by atoms with van der Waals surface area (Å²) in [6.07, 6.45) is -0.266. The minimum Gasteiger partial charge on any atom is -0.456 e. The van der Waals surface area contributed by atoms with Gasteiger partial charge in [0.15, 0.2) is 6.61 Å². The van der Waals surface area contributed by atoms with Crippen molar-refractivity contribution in [2.75, 3.05) is 18.5 Å². The van der Waals surface area contributed by atoms with Gasteiger partial charge in [-0.25, -0.2) is 13.1 Å². The molecule has 2 aromatic carbocycles. The number of ether oxygens (including phenoxy) is 1. The van der Waals surface area contributed by atoms with Crippen LogP contribution in [0.3, 0.4) is 0 Å². The van der Waals surface area contributed by atoms with Gasteiger partial charge in [-0.15, -0.1) is 0 Å². The first-order chi connectivity index (χ1) is 13.6. The quantitative estimate of drug-likeness (QED) is 0.589. The Morgan fingerprint density at radius 1 is 1.03 bits per heavy atom. The molecule has 0 aliphatic carbocycles. The van der Waals surface area contributed by atoms with E-state index >= 15 is 0 Å². The lowest BCUT2D eigenvalue weighted by Crippen LogP contribution is -2.28. The molecule has 0 aliphatic rings. The lowest BCUT2D eigenvalue weighted by molar-refractivity contribution is -0.147. The van der Waals surface area contributed by atoms with E-state index in [9.17, 15) is 18.0 Å². The van der Waals surface area contributed by atoms with Gasteiger partial charge < -0.3 is 10.1 Å². The van der Waals surface area contributed by atoms with E-state index in [2.05, 4.69) is 10.0 Å². The summed E-state index contributed by atoms with van der Waals surface area (Å²) in [5.74, 6) is -1.22. The van der Waals surface area contributed by atoms with Crippen LogP contribution in [0.5, 0.6) is 0 Å². The van der Waals surface area contributed by atoms with Crippen molar-refractivity contribution in [3.8, 4) is 0 Å². The average Bonchev–Trinajstić information content (AvgIpc) is 2.63. The first-order valence-electron chi connectivity index (χ1n) is 8.57. The second kappa shape index (κ2) is 10.1. The zero-order valence-electron chi connectivity index (χ0n) is 15.8. The highest BCUT2D eigenvalue weighted by Gasteiger charge is 2.21. The number of sulfonamides is 1. The van der Waals surface area contributed by atoms with Crippen LogP contribution in [-0.4, -0.2) is 33.4 Å². The molecule has 0 spiro atoms. The summed E-state index contributed by atoms with van der Waals surface area (Å²) in [5, 5.41) is 2.60. The number of benzene rings is 2. The standard InChI is InChI=1S/C19H20Cl2N2O5S/c1-12-5-3-8-16(13(12)2)23-17(24)11-28-18(25)9-10-22-29(26,27)19-14(20)6-4-7-15(19)21/h3-8,22H,9-11H2,1-2H3,(H,23,24). The molecule has 10 heteroatoms. The van der Waals surface area contributed by atoms with E-state index in [0.717, 1.165) is 11.1 Å². The number of carbonyl (C=O) groups is 2. The van der Waals surface area contributed by atoms with Gasteiger partial charge in [0.1, 0.15) is 4.90 Å². The Bertz CT molecular complexity index is 1010. The number of nitrogens with one attached hydrogen (secondary N) is 2. The number of anilines is 1. The van der Waals surface area contributed by atoms with Crippen LogP contribution in [0.15, 0.2) is 41.3 Å². The van der Waals surface area contributed by atoms with Crippen LogP contribution < -0.4 is 10.0 Å². The number of carbonyl (C=O) groups excluding carboxylic acids is 2. The number of hydrogen-bond acceptors (Lipinski definition) is 5. The molecule has 29 heavy (non-hydrogen) atoms. The van der Waals surface area contributed by atoms with Crippen LogP contribution in [0.1, 0.15) is 17.5 Å². The maximum atomic E-state index is 12.3. The van der Waals surface area contributed by atoms with Crippen LogP contribution >= 0.6 is 23.2 Å². The first kappa shape index (κ1) is 23.2. The molecule has 0 saturated heterocycles. The third kappa shape index (κ3) is 6.43. The Balaban J connectivity index is 1.81. The third-order valence-electron chi connectivity index (χ3n) is 4.05. The van der Waals surface area contributed by atoms with Crippen molar-refractivity contribution >= 4 is 50.8 Å². The van der Waals surface area contributed by atoms with E-state index in [0.29, 0.717) is 5.69 Å². The molecule has 0 aromatic heterocycles. The molecule has 2 rings (SSSR count).